The SMILES string of the molecule is CCCCCCCCCCCCN(CCCCCCCCCCCC)CCCOC(=O)c1ccc(C(=O)OCCCN(CCCCCCCCCCCC)CCCCCCCCCCCC)cc1. The molecular formula is C62H116N2O4. The highest BCUT2D eigenvalue weighted by atomic mass is 16.5. The third-order valence-corrected chi connectivity index (χ3v) is 14.4. The molecule has 0 aliphatic heterocycles. The summed E-state index contributed by atoms with van der Waals surface area (Å²) < 4.78 is 11.5. The molecule has 0 bridgehead atoms. The van der Waals surface area contributed by atoms with Crippen molar-refractivity contribution in [3.8, 4) is 0 Å². The molecule has 6 heteroatoms. The standard InChI is InChI=1S/C62H116N2O4/c1-5-9-13-17-21-25-29-33-37-41-51-63(52-42-38-34-30-26-22-18-14-10-6-2)55-45-57-67-61(65)59-47-49-60(50-48-59)62(66)68-58-46-56-64(53-43-39-35-31-27-23-19-15-11-7-3)54-44-40-36-32-28-24-20-16-12-8-4/h47-50H,5-46,51-58H2,1-4H3. The van der Waals surface area contributed by atoms with Crippen LogP contribution < -0.4 is 0 Å². The molecular weight excluding hydrogens is 837 g/mol. The molecule has 0 unspecified atom stereocenters. The zero-order valence-electron chi connectivity index (χ0n) is 46.2. The van der Waals surface area contributed by atoms with Gasteiger partial charge in [0.1, 0.15) is 0 Å². The van der Waals surface area contributed by atoms with E-state index in [0.29, 0.717) is 24.3 Å². The normalized spacial score (nSPS) is 11.6. The van der Waals surface area contributed by atoms with Crippen LogP contribution in [0.25, 0.3) is 0 Å². The molecule has 0 spiro atoms. The molecule has 68 heavy (non-hydrogen) atoms. The maximum atomic E-state index is 13.0. The Morgan fingerprint density at radius 1 is 0.279 bits per heavy atom. The lowest BCUT2D eigenvalue weighted by Gasteiger charge is -2.22. The van der Waals surface area contributed by atoms with Gasteiger partial charge in [0.05, 0.1) is 24.3 Å². The van der Waals surface area contributed by atoms with E-state index in [4.69, 9.17) is 9.47 Å². The lowest BCUT2D eigenvalue weighted by Crippen LogP contribution is -2.28. The summed E-state index contributed by atoms with van der Waals surface area (Å²) in [4.78, 5) is 31.2. The van der Waals surface area contributed by atoms with Gasteiger partial charge in [0.25, 0.3) is 0 Å². The summed E-state index contributed by atoms with van der Waals surface area (Å²) in [6, 6.07) is 6.84. The molecule has 1 aromatic rings. The second-order valence-electron chi connectivity index (χ2n) is 21.0. The number of rotatable bonds is 54. The zero-order chi connectivity index (χ0) is 49.1. The minimum Gasteiger partial charge on any atom is -0.462 e. The predicted molar refractivity (Wildman–Crippen MR) is 296 cm³/mol. The minimum atomic E-state index is -0.314. The Hall–Kier alpha value is -1.92. The highest BCUT2D eigenvalue weighted by Crippen LogP contribution is 2.16. The fraction of sp³-hybridized carbons (Fsp3) is 0.871. The second-order valence-corrected chi connectivity index (χ2v) is 21.0. The summed E-state index contributed by atoms with van der Waals surface area (Å²) in [5.41, 5.74) is 0.979. The minimum absolute atomic E-state index is 0.314. The second kappa shape index (κ2) is 51.4. The van der Waals surface area contributed by atoms with Crippen LogP contribution in [0, 0.1) is 0 Å². The Kier molecular flexibility index (Phi) is 48.5. The molecule has 0 atom stereocenters. The van der Waals surface area contributed by atoms with E-state index in [9.17, 15) is 9.59 Å². The first kappa shape index (κ1) is 64.1. The van der Waals surface area contributed by atoms with Crippen LogP contribution in [0.15, 0.2) is 24.3 Å². The number of nitrogens with zero attached hydrogens (tertiary/aromatic N) is 2. The van der Waals surface area contributed by atoms with Crippen LogP contribution in [0.1, 0.15) is 318 Å². The average Bonchev–Trinajstić information content (AvgIpc) is 3.35. The monoisotopic (exact) mass is 953 g/mol. The van der Waals surface area contributed by atoms with Crippen LogP contribution in [-0.4, -0.2) is 74.2 Å². The average molecular weight is 954 g/mol. The van der Waals surface area contributed by atoms with Crippen molar-refractivity contribution in [2.24, 2.45) is 0 Å². The molecule has 0 saturated carbocycles. The number of esters is 2. The first-order chi connectivity index (χ1) is 33.5. The van der Waals surface area contributed by atoms with E-state index in [1.807, 2.05) is 0 Å². The molecule has 0 radical (unpaired) electrons. The number of unbranched alkanes of at least 4 members (excludes halogenated alkanes) is 36. The quantitative estimate of drug-likeness (QED) is 0.0479. The maximum Gasteiger partial charge on any atom is 0.338 e. The number of hydrogen-bond acceptors (Lipinski definition) is 6. The molecule has 0 N–H and O–H groups in total. The lowest BCUT2D eigenvalue weighted by atomic mass is 10.1. The molecule has 6 nitrogen and oxygen atoms in total. The van der Waals surface area contributed by atoms with E-state index < -0.39 is 0 Å². The van der Waals surface area contributed by atoms with Crippen LogP contribution in [0.4, 0.5) is 0 Å². The van der Waals surface area contributed by atoms with Crippen molar-refractivity contribution in [3.05, 3.63) is 35.4 Å². The fourth-order valence-corrected chi connectivity index (χ4v) is 9.78. The lowest BCUT2D eigenvalue weighted by molar-refractivity contribution is 0.0473. The molecule has 0 aromatic heterocycles. The Bertz CT molecular complexity index is 1050. The largest absolute Gasteiger partial charge is 0.462 e. The molecule has 398 valence electrons. The van der Waals surface area contributed by atoms with E-state index in [-0.39, 0.29) is 11.9 Å². The van der Waals surface area contributed by atoms with Crippen LogP contribution >= 0.6 is 0 Å². The number of carbonyl (C=O) groups excluding carboxylic acids is 2. The van der Waals surface area contributed by atoms with Crippen molar-refractivity contribution in [1.82, 2.24) is 9.80 Å². The first-order valence-corrected chi connectivity index (χ1v) is 30.4. The Morgan fingerprint density at radius 3 is 0.662 bits per heavy atom. The summed E-state index contributed by atoms with van der Waals surface area (Å²) >= 11 is 0. The third-order valence-electron chi connectivity index (χ3n) is 14.4. The Morgan fingerprint density at radius 2 is 0.456 bits per heavy atom. The van der Waals surface area contributed by atoms with Crippen LogP contribution in [0.3, 0.4) is 0 Å². The van der Waals surface area contributed by atoms with Crippen molar-refractivity contribution in [1.29, 1.82) is 0 Å². The van der Waals surface area contributed by atoms with E-state index in [1.165, 1.54) is 257 Å². The smallest absolute Gasteiger partial charge is 0.338 e. The number of ether oxygens (including phenoxy) is 2. The highest BCUT2D eigenvalue weighted by Gasteiger charge is 2.13. The van der Waals surface area contributed by atoms with E-state index in [0.717, 1.165) is 52.1 Å². The molecule has 1 rings (SSSR count). The van der Waals surface area contributed by atoms with E-state index in [2.05, 4.69) is 37.5 Å². The van der Waals surface area contributed by atoms with Gasteiger partial charge < -0.3 is 19.3 Å². The first-order valence-electron chi connectivity index (χ1n) is 30.4. The van der Waals surface area contributed by atoms with Gasteiger partial charge in [0, 0.05) is 13.1 Å². The Labute approximate surface area is 424 Å². The highest BCUT2D eigenvalue weighted by molar-refractivity contribution is 5.93. The van der Waals surface area contributed by atoms with Gasteiger partial charge in [-0.25, -0.2) is 9.59 Å². The predicted octanol–water partition coefficient (Wildman–Crippen LogP) is 19.1. The van der Waals surface area contributed by atoms with Gasteiger partial charge in [-0.15, -0.1) is 0 Å². The molecule has 0 aliphatic rings. The Balaban J connectivity index is 2.46. The van der Waals surface area contributed by atoms with Gasteiger partial charge in [-0.2, -0.15) is 0 Å². The maximum absolute atomic E-state index is 13.0. The van der Waals surface area contributed by atoms with Gasteiger partial charge in [0.15, 0.2) is 0 Å². The van der Waals surface area contributed by atoms with Crippen molar-refractivity contribution >= 4 is 11.9 Å². The van der Waals surface area contributed by atoms with Crippen LogP contribution in [0.2, 0.25) is 0 Å². The summed E-state index contributed by atoms with van der Waals surface area (Å²) in [5, 5.41) is 0. The third kappa shape index (κ3) is 41.8. The topological polar surface area (TPSA) is 59.1 Å². The summed E-state index contributed by atoms with van der Waals surface area (Å²) in [7, 11) is 0. The van der Waals surface area contributed by atoms with Gasteiger partial charge in [-0.05, 0) is 89.0 Å². The number of benzene rings is 1. The number of carbonyl (C=O) groups is 2. The van der Waals surface area contributed by atoms with Crippen molar-refractivity contribution in [2.45, 2.75) is 297 Å². The molecule has 0 fully saturated rings. The molecule has 0 saturated heterocycles. The van der Waals surface area contributed by atoms with Crippen LogP contribution in [-0.2, 0) is 9.47 Å². The molecule has 0 amide bonds. The number of hydrogen-bond donors (Lipinski definition) is 0. The molecule has 0 heterocycles. The van der Waals surface area contributed by atoms with Gasteiger partial charge >= 0.3 is 11.9 Å². The molecule has 1 aromatic carbocycles. The summed E-state index contributed by atoms with van der Waals surface area (Å²) in [6.07, 6.45) is 56.2. The van der Waals surface area contributed by atoms with E-state index in [1.54, 1.807) is 24.3 Å². The van der Waals surface area contributed by atoms with Crippen molar-refractivity contribution in [3.63, 3.8) is 0 Å². The summed E-state index contributed by atoms with van der Waals surface area (Å²) in [6.45, 7) is 16.6. The van der Waals surface area contributed by atoms with Gasteiger partial charge in [0.2, 0.25) is 0 Å². The van der Waals surface area contributed by atoms with Crippen LogP contribution in [0.5, 0.6) is 0 Å². The van der Waals surface area contributed by atoms with Gasteiger partial charge in [-0.3, -0.25) is 0 Å². The van der Waals surface area contributed by atoms with Crippen molar-refractivity contribution in [2.75, 3.05) is 52.5 Å². The summed E-state index contributed by atoms with van der Waals surface area (Å²) in [5.74, 6) is -0.628. The van der Waals surface area contributed by atoms with Crippen molar-refractivity contribution < 1.29 is 19.1 Å². The van der Waals surface area contributed by atoms with Gasteiger partial charge in [-0.1, -0.05) is 259 Å². The van der Waals surface area contributed by atoms with E-state index >= 15 is 0 Å². The molecule has 0 aliphatic carbocycles. The fourth-order valence-electron chi connectivity index (χ4n) is 9.78. The zero-order valence-corrected chi connectivity index (χ0v) is 46.2.